The molecule has 2 amide bonds. The van der Waals surface area contributed by atoms with Gasteiger partial charge in [-0.3, -0.25) is 0 Å². The molecule has 0 saturated carbocycles. The second-order valence-corrected chi connectivity index (χ2v) is 4.60. The average Bonchev–Trinajstić information content (AvgIpc) is 2.80. The molecule has 19 heavy (non-hydrogen) atoms. The number of aryl methyl sites for hydroxylation is 1. The van der Waals surface area contributed by atoms with Crippen molar-refractivity contribution in [1.29, 1.82) is 0 Å². The van der Waals surface area contributed by atoms with Crippen LogP contribution < -0.4 is 10.1 Å². The molecular formula is C14H20N2O3. The van der Waals surface area contributed by atoms with Gasteiger partial charge in [0.2, 0.25) is 0 Å². The molecule has 0 aliphatic carbocycles. The van der Waals surface area contributed by atoms with Crippen molar-refractivity contribution in [1.82, 2.24) is 10.2 Å². The lowest BCUT2D eigenvalue weighted by Gasteiger charge is -2.16. The van der Waals surface area contributed by atoms with Gasteiger partial charge >= 0.3 is 6.03 Å². The molecule has 104 valence electrons. The Morgan fingerprint density at radius 1 is 1.53 bits per heavy atom. The summed E-state index contributed by atoms with van der Waals surface area (Å²) in [4.78, 5) is 13.4. The Kier molecular flexibility index (Phi) is 4.27. The molecule has 1 heterocycles. The predicted octanol–water partition coefficient (Wildman–Crippen LogP) is 1.32. The number of rotatable bonds is 5. The van der Waals surface area contributed by atoms with Crippen molar-refractivity contribution < 1.29 is 14.6 Å². The van der Waals surface area contributed by atoms with Crippen molar-refractivity contribution in [2.45, 2.75) is 19.4 Å². The number of ether oxygens (including phenoxy) is 1. The fourth-order valence-corrected chi connectivity index (χ4v) is 2.35. The summed E-state index contributed by atoms with van der Waals surface area (Å²) in [6, 6.07) is 5.83. The molecule has 1 fully saturated rings. The van der Waals surface area contributed by atoms with E-state index in [2.05, 4.69) is 18.3 Å². The number of urea groups is 1. The van der Waals surface area contributed by atoms with E-state index in [0.29, 0.717) is 13.1 Å². The standard InChI is InChI=1S/C14H20N2O3/c1-3-10-4-5-13(19-2)11(8-10)12-9-16(6-7-17)14(18)15-12/h4-5,8,12,17H,3,6-7,9H2,1-2H3,(H,15,18). The minimum Gasteiger partial charge on any atom is -0.496 e. The summed E-state index contributed by atoms with van der Waals surface area (Å²) < 4.78 is 5.37. The molecule has 2 N–H and O–H groups in total. The van der Waals surface area contributed by atoms with Crippen LogP contribution in [-0.2, 0) is 6.42 Å². The van der Waals surface area contributed by atoms with E-state index in [1.54, 1.807) is 12.0 Å². The molecule has 1 atom stereocenters. The Morgan fingerprint density at radius 3 is 2.95 bits per heavy atom. The van der Waals surface area contributed by atoms with Crippen LogP contribution in [0.1, 0.15) is 24.1 Å². The molecule has 5 nitrogen and oxygen atoms in total. The number of aliphatic hydroxyl groups excluding tert-OH is 1. The van der Waals surface area contributed by atoms with Gasteiger partial charge in [-0.2, -0.15) is 0 Å². The van der Waals surface area contributed by atoms with Gasteiger partial charge in [-0.05, 0) is 24.1 Å². The quantitative estimate of drug-likeness (QED) is 0.843. The Labute approximate surface area is 113 Å². The maximum atomic E-state index is 11.8. The van der Waals surface area contributed by atoms with Gasteiger partial charge in [0.15, 0.2) is 0 Å². The smallest absolute Gasteiger partial charge is 0.318 e. The van der Waals surface area contributed by atoms with Crippen molar-refractivity contribution in [3.63, 3.8) is 0 Å². The monoisotopic (exact) mass is 264 g/mol. The second kappa shape index (κ2) is 5.93. The van der Waals surface area contributed by atoms with Gasteiger partial charge in [-0.1, -0.05) is 13.0 Å². The molecule has 1 saturated heterocycles. The highest BCUT2D eigenvalue weighted by molar-refractivity contribution is 5.77. The van der Waals surface area contributed by atoms with Gasteiger partial charge in [0.1, 0.15) is 5.75 Å². The fourth-order valence-electron chi connectivity index (χ4n) is 2.35. The average molecular weight is 264 g/mol. The first-order valence-electron chi connectivity index (χ1n) is 6.52. The number of β-amino-alcohol motifs (C(OH)–C–C–N with tert-alkyl or cyclic N) is 1. The highest BCUT2D eigenvalue weighted by atomic mass is 16.5. The van der Waals surface area contributed by atoms with Gasteiger partial charge in [0.05, 0.1) is 19.8 Å². The molecular weight excluding hydrogens is 244 g/mol. The minimum absolute atomic E-state index is 0.0216. The first-order chi connectivity index (χ1) is 9.19. The summed E-state index contributed by atoms with van der Waals surface area (Å²) in [6.45, 7) is 2.99. The van der Waals surface area contributed by atoms with Crippen LogP contribution >= 0.6 is 0 Å². The Bertz CT molecular complexity index is 462. The molecule has 0 bridgehead atoms. The van der Waals surface area contributed by atoms with Crippen LogP contribution in [0, 0.1) is 0 Å². The van der Waals surface area contributed by atoms with Crippen molar-refractivity contribution in [3.8, 4) is 5.75 Å². The number of carbonyl (C=O) groups is 1. The van der Waals surface area contributed by atoms with Gasteiger partial charge in [0, 0.05) is 18.7 Å². The number of benzene rings is 1. The van der Waals surface area contributed by atoms with Crippen LogP contribution in [0.3, 0.4) is 0 Å². The van der Waals surface area contributed by atoms with E-state index in [4.69, 9.17) is 9.84 Å². The Balaban J connectivity index is 2.24. The number of aliphatic hydroxyl groups is 1. The molecule has 1 unspecified atom stereocenters. The van der Waals surface area contributed by atoms with E-state index in [1.165, 1.54) is 5.56 Å². The molecule has 1 aliphatic rings. The van der Waals surface area contributed by atoms with Crippen LogP contribution in [0.25, 0.3) is 0 Å². The van der Waals surface area contributed by atoms with Crippen molar-refractivity contribution in [3.05, 3.63) is 29.3 Å². The summed E-state index contributed by atoms with van der Waals surface area (Å²) in [5.74, 6) is 0.786. The Morgan fingerprint density at radius 2 is 2.32 bits per heavy atom. The third-order valence-electron chi connectivity index (χ3n) is 3.44. The lowest BCUT2D eigenvalue weighted by Crippen LogP contribution is -2.30. The molecule has 0 radical (unpaired) electrons. The summed E-state index contributed by atoms with van der Waals surface area (Å²) in [6.07, 6.45) is 0.942. The summed E-state index contributed by atoms with van der Waals surface area (Å²) >= 11 is 0. The van der Waals surface area contributed by atoms with Crippen LogP contribution in [-0.4, -0.2) is 42.8 Å². The molecule has 1 aliphatic heterocycles. The van der Waals surface area contributed by atoms with E-state index in [-0.39, 0.29) is 18.7 Å². The largest absolute Gasteiger partial charge is 0.496 e. The zero-order valence-electron chi connectivity index (χ0n) is 11.3. The number of hydrogen-bond donors (Lipinski definition) is 2. The number of amides is 2. The first kappa shape index (κ1) is 13.7. The SMILES string of the molecule is CCc1ccc(OC)c(C2CN(CCO)C(=O)N2)c1. The highest BCUT2D eigenvalue weighted by Gasteiger charge is 2.31. The molecule has 0 aromatic heterocycles. The van der Waals surface area contributed by atoms with Gasteiger partial charge < -0.3 is 20.1 Å². The number of methoxy groups -OCH3 is 1. The van der Waals surface area contributed by atoms with Crippen molar-refractivity contribution >= 4 is 6.03 Å². The molecule has 1 aromatic rings. The van der Waals surface area contributed by atoms with Crippen LogP contribution in [0.4, 0.5) is 4.79 Å². The molecule has 2 rings (SSSR count). The van der Waals surface area contributed by atoms with E-state index >= 15 is 0 Å². The number of hydrogen-bond acceptors (Lipinski definition) is 3. The van der Waals surface area contributed by atoms with Gasteiger partial charge in [0.25, 0.3) is 0 Å². The predicted molar refractivity (Wildman–Crippen MR) is 72.3 cm³/mol. The second-order valence-electron chi connectivity index (χ2n) is 4.60. The van der Waals surface area contributed by atoms with Gasteiger partial charge in [-0.25, -0.2) is 4.79 Å². The van der Waals surface area contributed by atoms with Crippen LogP contribution in [0.5, 0.6) is 5.75 Å². The van der Waals surface area contributed by atoms with Crippen molar-refractivity contribution in [2.24, 2.45) is 0 Å². The highest BCUT2D eigenvalue weighted by Crippen LogP contribution is 2.29. The minimum atomic E-state index is -0.136. The maximum absolute atomic E-state index is 11.8. The lowest BCUT2D eigenvalue weighted by atomic mass is 10.0. The van der Waals surface area contributed by atoms with Crippen molar-refractivity contribution in [2.75, 3.05) is 26.8 Å². The topological polar surface area (TPSA) is 61.8 Å². The molecule has 0 spiro atoms. The molecule has 5 heteroatoms. The van der Waals surface area contributed by atoms with Crippen LogP contribution in [0.15, 0.2) is 18.2 Å². The third kappa shape index (κ3) is 2.81. The number of nitrogens with zero attached hydrogens (tertiary/aromatic N) is 1. The fraction of sp³-hybridized carbons (Fsp3) is 0.500. The van der Waals surface area contributed by atoms with E-state index < -0.39 is 0 Å². The van der Waals surface area contributed by atoms with E-state index in [0.717, 1.165) is 17.7 Å². The van der Waals surface area contributed by atoms with Crippen LogP contribution in [0.2, 0.25) is 0 Å². The third-order valence-corrected chi connectivity index (χ3v) is 3.44. The summed E-state index contributed by atoms with van der Waals surface area (Å²) in [7, 11) is 1.63. The Hall–Kier alpha value is -1.75. The first-order valence-corrected chi connectivity index (χ1v) is 6.52. The lowest BCUT2D eigenvalue weighted by molar-refractivity contribution is 0.196. The summed E-state index contributed by atoms with van der Waals surface area (Å²) in [5.41, 5.74) is 2.21. The zero-order valence-corrected chi connectivity index (χ0v) is 11.3. The molecule has 1 aromatic carbocycles. The zero-order chi connectivity index (χ0) is 13.8. The van der Waals surface area contributed by atoms with E-state index in [9.17, 15) is 4.79 Å². The number of nitrogens with one attached hydrogen (secondary N) is 1. The summed E-state index contributed by atoms with van der Waals surface area (Å²) in [5, 5.41) is 11.9. The number of carbonyl (C=O) groups excluding carboxylic acids is 1. The van der Waals surface area contributed by atoms with E-state index in [1.807, 2.05) is 12.1 Å². The van der Waals surface area contributed by atoms with Gasteiger partial charge in [-0.15, -0.1) is 0 Å². The normalized spacial score (nSPS) is 18.6. The maximum Gasteiger partial charge on any atom is 0.318 e.